The van der Waals surface area contributed by atoms with Crippen molar-refractivity contribution in [2.45, 2.75) is 0 Å². The van der Waals surface area contributed by atoms with Gasteiger partial charge in [0.2, 0.25) is 0 Å². The number of hydrogen-bond donors (Lipinski definition) is 0. The minimum Gasteiger partial charge on any atom is -0.463 e. The molecule has 0 N–H and O–H groups in total. The smallest absolute Gasteiger partial charge is 0.146 e. The lowest BCUT2D eigenvalue weighted by Crippen LogP contribution is -1.91. The zero-order valence-electron chi connectivity index (χ0n) is 26.2. The maximum Gasteiger partial charge on any atom is 0.146 e. The monoisotopic (exact) mass is 626 g/mol. The highest BCUT2D eigenvalue weighted by Crippen LogP contribution is 2.49. The van der Waals surface area contributed by atoms with Crippen LogP contribution in [0.3, 0.4) is 0 Å². The maximum atomic E-state index is 6.60. The second kappa shape index (κ2) is 9.96. The van der Waals surface area contributed by atoms with Crippen LogP contribution in [0.15, 0.2) is 171 Å². The molecule has 0 saturated carbocycles. The Kier molecular flexibility index (Phi) is 5.38. The third-order valence-corrected chi connectivity index (χ3v) is 10.2. The minimum absolute atomic E-state index is 0.811. The molecular formula is C46H26O3. The molecule has 3 heterocycles. The average molecular weight is 627 g/mol. The molecule has 0 radical (unpaired) electrons. The summed E-state index contributed by atoms with van der Waals surface area (Å²) in [7, 11) is 0. The van der Waals surface area contributed by atoms with Gasteiger partial charge in [-0.1, -0.05) is 127 Å². The predicted molar refractivity (Wildman–Crippen MR) is 202 cm³/mol. The highest BCUT2D eigenvalue weighted by atomic mass is 16.3. The summed E-state index contributed by atoms with van der Waals surface area (Å²) in [6, 6.07) is 53.3. The SMILES string of the molecule is c1ccc(-c2coc3c2ccc2oc4cccc(-c5c6ccccc6c(-c6cccc7c6oc6ccccc67)c6ccccc56)c4c23)cc1. The van der Waals surface area contributed by atoms with Gasteiger partial charge in [-0.05, 0) is 62.5 Å². The van der Waals surface area contributed by atoms with E-state index in [2.05, 4.69) is 133 Å². The summed E-state index contributed by atoms with van der Waals surface area (Å²) in [6.45, 7) is 0. The molecule has 0 aliphatic heterocycles. The quantitative estimate of drug-likeness (QED) is 0.183. The van der Waals surface area contributed by atoms with Gasteiger partial charge in [-0.2, -0.15) is 0 Å². The van der Waals surface area contributed by atoms with Crippen molar-refractivity contribution in [3.63, 3.8) is 0 Å². The van der Waals surface area contributed by atoms with E-state index < -0.39 is 0 Å². The Morgan fingerprint density at radius 3 is 1.63 bits per heavy atom. The van der Waals surface area contributed by atoms with Crippen LogP contribution in [0.25, 0.3) is 110 Å². The van der Waals surface area contributed by atoms with E-state index in [4.69, 9.17) is 13.3 Å². The lowest BCUT2D eigenvalue weighted by molar-refractivity contribution is 0.619. The van der Waals surface area contributed by atoms with Gasteiger partial charge in [-0.3, -0.25) is 0 Å². The Morgan fingerprint density at radius 1 is 0.306 bits per heavy atom. The molecule has 0 saturated heterocycles. The topological polar surface area (TPSA) is 39.4 Å². The lowest BCUT2D eigenvalue weighted by Gasteiger charge is -2.18. The van der Waals surface area contributed by atoms with Crippen molar-refractivity contribution in [2.24, 2.45) is 0 Å². The number of benzene rings is 8. The van der Waals surface area contributed by atoms with Crippen LogP contribution < -0.4 is 0 Å². The van der Waals surface area contributed by atoms with Crippen molar-refractivity contribution in [3.8, 4) is 33.4 Å². The maximum absolute atomic E-state index is 6.60. The average Bonchev–Trinajstić information content (AvgIpc) is 3.87. The molecule has 3 heteroatoms. The van der Waals surface area contributed by atoms with Crippen molar-refractivity contribution in [2.75, 3.05) is 0 Å². The second-order valence-corrected chi connectivity index (χ2v) is 12.7. The van der Waals surface area contributed by atoms with Crippen LogP contribution >= 0.6 is 0 Å². The molecule has 3 aromatic heterocycles. The number of furan rings is 3. The van der Waals surface area contributed by atoms with Crippen LogP contribution in [0, 0.1) is 0 Å². The van der Waals surface area contributed by atoms with Crippen LogP contribution in [-0.2, 0) is 0 Å². The zero-order valence-corrected chi connectivity index (χ0v) is 26.2. The summed E-state index contributed by atoms with van der Waals surface area (Å²) in [4.78, 5) is 0. The molecule has 0 fully saturated rings. The fourth-order valence-electron chi connectivity index (χ4n) is 8.10. The summed E-state index contributed by atoms with van der Waals surface area (Å²) in [6.07, 6.45) is 1.87. The second-order valence-electron chi connectivity index (χ2n) is 12.7. The van der Waals surface area contributed by atoms with Crippen LogP contribution in [0.4, 0.5) is 0 Å². The Hall–Kier alpha value is -6.58. The molecular weight excluding hydrogens is 601 g/mol. The lowest BCUT2D eigenvalue weighted by atomic mass is 9.84. The molecule has 0 aliphatic rings. The van der Waals surface area contributed by atoms with Crippen LogP contribution in [-0.4, -0.2) is 0 Å². The van der Waals surface area contributed by atoms with Crippen molar-refractivity contribution in [3.05, 3.63) is 158 Å². The third kappa shape index (κ3) is 3.67. The van der Waals surface area contributed by atoms with E-state index in [9.17, 15) is 0 Å². The molecule has 0 aliphatic carbocycles. The van der Waals surface area contributed by atoms with Crippen LogP contribution in [0.5, 0.6) is 0 Å². The first-order valence-electron chi connectivity index (χ1n) is 16.6. The Bertz CT molecular complexity index is 3040. The number of fused-ring (bicyclic) bond motifs is 10. The third-order valence-electron chi connectivity index (χ3n) is 10.2. The summed E-state index contributed by atoms with van der Waals surface area (Å²) >= 11 is 0. The summed E-state index contributed by atoms with van der Waals surface area (Å²) < 4.78 is 19.6. The molecule has 11 rings (SSSR count). The molecule has 11 aromatic rings. The van der Waals surface area contributed by atoms with Gasteiger partial charge in [0.05, 0.1) is 11.6 Å². The first-order chi connectivity index (χ1) is 24.3. The van der Waals surface area contributed by atoms with Crippen molar-refractivity contribution >= 4 is 76.4 Å². The largest absolute Gasteiger partial charge is 0.463 e. The van der Waals surface area contributed by atoms with E-state index in [1.54, 1.807) is 0 Å². The first-order valence-corrected chi connectivity index (χ1v) is 16.6. The Balaban J connectivity index is 1.26. The summed E-state index contributed by atoms with van der Waals surface area (Å²) in [5.41, 5.74) is 11.0. The standard InChI is InChI=1S/C46H26O3/c1-2-12-27(13-3-1)37-26-47-46-34(37)24-25-40-44(46)43-35(20-11-23-39(43)48-40)41-29-15-4-6-17-31(29)42(32-18-7-5-16-30(32)41)36-21-10-19-33-28-14-8-9-22-38(28)49-45(33)36/h1-26H. The zero-order chi connectivity index (χ0) is 32.1. The molecule has 228 valence electrons. The molecule has 3 nitrogen and oxygen atoms in total. The van der Waals surface area contributed by atoms with Gasteiger partial charge < -0.3 is 13.3 Å². The van der Waals surface area contributed by atoms with Crippen molar-refractivity contribution in [1.29, 1.82) is 0 Å². The fourth-order valence-corrected chi connectivity index (χ4v) is 8.10. The van der Waals surface area contributed by atoms with Gasteiger partial charge in [0.15, 0.2) is 0 Å². The van der Waals surface area contributed by atoms with Gasteiger partial charge in [0, 0.05) is 38.2 Å². The van der Waals surface area contributed by atoms with Gasteiger partial charge in [0.25, 0.3) is 0 Å². The van der Waals surface area contributed by atoms with Crippen molar-refractivity contribution in [1.82, 2.24) is 0 Å². The molecule has 0 atom stereocenters. The van der Waals surface area contributed by atoms with E-state index in [1.165, 1.54) is 32.7 Å². The van der Waals surface area contributed by atoms with Crippen LogP contribution in [0.2, 0.25) is 0 Å². The van der Waals surface area contributed by atoms with E-state index >= 15 is 0 Å². The molecule has 49 heavy (non-hydrogen) atoms. The number of hydrogen-bond acceptors (Lipinski definition) is 3. The highest BCUT2D eigenvalue weighted by molar-refractivity contribution is 6.29. The highest BCUT2D eigenvalue weighted by Gasteiger charge is 2.24. The van der Waals surface area contributed by atoms with Crippen LogP contribution in [0.1, 0.15) is 0 Å². The predicted octanol–water partition coefficient (Wildman–Crippen LogP) is 13.5. The molecule has 0 unspecified atom stereocenters. The van der Waals surface area contributed by atoms with Gasteiger partial charge in [-0.15, -0.1) is 0 Å². The molecule has 0 spiro atoms. The minimum atomic E-state index is 0.811. The summed E-state index contributed by atoms with van der Waals surface area (Å²) in [5.74, 6) is 0. The fraction of sp³-hybridized carbons (Fsp3) is 0. The van der Waals surface area contributed by atoms with E-state index in [0.29, 0.717) is 0 Å². The van der Waals surface area contributed by atoms with E-state index in [-0.39, 0.29) is 0 Å². The number of rotatable bonds is 3. The molecule has 0 bridgehead atoms. The normalized spacial score (nSPS) is 12.1. The van der Waals surface area contributed by atoms with Gasteiger partial charge in [-0.25, -0.2) is 0 Å². The van der Waals surface area contributed by atoms with Gasteiger partial charge >= 0.3 is 0 Å². The van der Waals surface area contributed by atoms with E-state index in [0.717, 1.165) is 77.1 Å². The summed E-state index contributed by atoms with van der Waals surface area (Å²) in [5, 5.41) is 10.0. The Labute approximate surface area is 280 Å². The Morgan fingerprint density at radius 2 is 0.878 bits per heavy atom. The van der Waals surface area contributed by atoms with E-state index in [1.807, 2.05) is 24.5 Å². The van der Waals surface area contributed by atoms with Crippen molar-refractivity contribution < 1.29 is 13.3 Å². The molecule has 8 aromatic carbocycles. The van der Waals surface area contributed by atoms with Gasteiger partial charge in [0.1, 0.15) is 27.9 Å². The molecule has 0 amide bonds. The number of para-hydroxylation sites is 2. The first kappa shape index (κ1) is 26.5.